The molecule has 4 radical (unpaired) electrons. The van der Waals surface area contributed by atoms with Gasteiger partial charge in [-0.2, -0.15) is 0 Å². The Labute approximate surface area is 71.5 Å². The first kappa shape index (κ1) is 37.3. The van der Waals surface area contributed by atoms with Crippen molar-refractivity contribution in [3.8, 4) is 0 Å². The van der Waals surface area contributed by atoms with Crippen LogP contribution in [0.4, 0.5) is 0 Å². The van der Waals surface area contributed by atoms with Gasteiger partial charge in [0.05, 0.1) is 0 Å². The Balaban J connectivity index is -0.00000000750. The smallest absolute Gasteiger partial charge is 0 e. The molecule has 0 saturated heterocycles. The second-order valence-corrected chi connectivity index (χ2v) is 1.05. The first-order valence-electron chi connectivity index (χ1n) is 1.39. The summed E-state index contributed by atoms with van der Waals surface area (Å²) in [5.41, 5.74) is 0. The maximum atomic E-state index is 9.53. The Kier molecular flexibility index (Phi) is 117. The summed E-state index contributed by atoms with van der Waals surface area (Å²) in [7, 11) is 0. The van der Waals surface area contributed by atoms with Gasteiger partial charge in [-0.15, -0.1) is 6.10 Å². The van der Waals surface area contributed by atoms with E-state index in [0.717, 1.165) is 0 Å². The van der Waals surface area contributed by atoms with Crippen molar-refractivity contribution in [2.45, 2.75) is 42.2 Å². The minimum atomic E-state index is -0.417. The van der Waals surface area contributed by atoms with Crippen LogP contribution in [0, 0.1) is 0 Å². The SMILES string of the molecule is C.C.C.CC(C)[O-].[Sn]. The van der Waals surface area contributed by atoms with Crippen LogP contribution in [0.5, 0.6) is 0 Å². The third kappa shape index (κ3) is 389. The molecule has 0 aliphatic rings. The molecule has 0 aromatic heterocycles. The summed E-state index contributed by atoms with van der Waals surface area (Å²) in [6, 6.07) is 0. The molecule has 54 valence electrons. The topological polar surface area (TPSA) is 23.1 Å². The molecule has 0 aromatic rings. The van der Waals surface area contributed by atoms with Crippen molar-refractivity contribution in [1.82, 2.24) is 0 Å². The van der Waals surface area contributed by atoms with Crippen LogP contribution in [0.1, 0.15) is 36.1 Å². The van der Waals surface area contributed by atoms with Crippen LogP contribution in [0.2, 0.25) is 0 Å². The maximum Gasteiger partial charge on any atom is 0 e. The van der Waals surface area contributed by atoms with Gasteiger partial charge < -0.3 is 5.11 Å². The van der Waals surface area contributed by atoms with Gasteiger partial charge in [-0.1, -0.05) is 36.1 Å². The summed E-state index contributed by atoms with van der Waals surface area (Å²) in [5.74, 6) is 0. The molecule has 0 amide bonds. The van der Waals surface area contributed by atoms with Crippen molar-refractivity contribution in [3.05, 3.63) is 0 Å². The van der Waals surface area contributed by atoms with Crippen molar-refractivity contribution < 1.29 is 5.11 Å². The van der Waals surface area contributed by atoms with Gasteiger partial charge in [0.25, 0.3) is 0 Å². The van der Waals surface area contributed by atoms with E-state index in [4.69, 9.17) is 0 Å². The fraction of sp³-hybridized carbons (Fsp3) is 1.00. The number of hydrogen-bond donors (Lipinski definition) is 0. The molecule has 0 bridgehead atoms. The fourth-order valence-corrected chi connectivity index (χ4v) is 0. The van der Waals surface area contributed by atoms with Crippen molar-refractivity contribution in [2.75, 3.05) is 0 Å². The van der Waals surface area contributed by atoms with Crippen LogP contribution in [-0.4, -0.2) is 30.0 Å². The minimum absolute atomic E-state index is 0. The minimum Gasteiger partial charge on any atom is -0.852 e. The Morgan fingerprint density at radius 3 is 1.00 bits per heavy atom. The van der Waals surface area contributed by atoms with Crippen LogP contribution in [0.25, 0.3) is 0 Å². The third-order valence-electron chi connectivity index (χ3n) is 0. The molecular weight excluding hydrogens is 207 g/mol. The average molecular weight is 226 g/mol. The molecule has 0 spiro atoms. The van der Waals surface area contributed by atoms with E-state index >= 15 is 0 Å². The van der Waals surface area contributed by atoms with E-state index in [0.29, 0.717) is 0 Å². The summed E-state index contributed by atoms with van der Waals surface area (Å²) in [6.45, 7) is 3.22. The van der Waals surface area contributed by atoms with Crippen LogP contribution in [-0.2, 0) is 0 Å². The average Bonchev–Trinajstić information content (AvgIpc) is 0.811. The van der Waals surface area contributed by atoms with Gasteiger partial charge in [0, 0.05) is 23.9 Å². The van der Waals surface area contributed by atoms with E-state index in [1.165, 1.54) is 0 Å². The van der Waals surface area contributed by atoms with Crippen molar-refractivity contribution in [3.63, 3.8) is 0 Å². The van der Waals surface area contributed by atoms with Crippen molar-refractivity contribution in [1.29, 1.82) is 0 Å². The molecule has 0 rings (SSSR count). The standard InChI is InChI=1S/C3H7O.3CH4.Sn/c1-3(2)4;;;;/h3H,1-2H3;3*1H4;/q-1;;;;. The van der Waals surface area contributed by atoms with E-state index in [2.05, 4.69) is 0 Å². The zero-order chi connectivity index (χ0) is 3.58. The number of hydrogen-bond acceptors (Lipinski definition) is 1. The predicted molar refractivity (Wildman–Crippen MR) is 41.1 cm³/mol. The first-order chi connectivity index (χ1) is 1.73. The third-order valence-corrected chi connectivity index (χ3v) is 0. The molecule has 0 aliphatic carbocycles. The molecule has 0 heterocycles. The van der Waals surface area contributed by atoms with Crippen LogP contribution in [0.15, 0.2) is 0 Å². The Morgan fingerprint density at radius 1 is 1.00 bits per heavy atom. The Bertz CT molecular complexity index is 13.2. The zero-order valence-electron chi connectivity index (χ0n) is 3.49. The largest absolute Gasteiger partial charge is 0.852 e. The van der Waals surface area contributed by atoms with Crippen LogP contribution in [0.3, 0.4) is 0 Å². The molecule has 8 heavy (non-hydrogen) atoms. The summed E-state index contributed by atoms with van der Waals surface area (Å²) < 4.78 is 0. The van der Waals surface area contributed by atoms with E-state index in [9.17, 15) is 5.11 Å². The van der Waals surface area contributed by atoms with Crippen LogP contribution < -0.4 is 5.11 Å². The molecule has 0 aromatic carbocycles. The van der Waals surface area contributed by atoms with Gasteiger partial charge >= 0.3 is 0 Å². The maximum absolute atomic E-state index is 9.53. The summed E-state index contributed by atoms with van der Waals surface area (Å²) >= 11 is 0. The van der Waals surface area contributed by atoms with Crippen molar-refractivity contribution >= 4 is 23.9 Å². The molecule has 0 aliphatic heterocycles. The van der Waals surface area contributed by atoms with E-state index < -0.39 is 6.10 Å². The van der Waals surface area contributed by atoms with Gasteiger partial charge in [-0.25, -0.2) is 0 Å². The molecule has 0 fully saturated rings. The van der Waals surface area contributed by atoms with E-state index in [1.807, 2.05) is 0 Å². The van der Waals surface area contributed by atoms with E-state index in [-0.39, 0.29) is 46.2 Å². The second-order valence-electron chi connectivity index (χ2n) is 1.05. The van der Waals surface area contributed by atoms with Crippen molar-refractivity contribution in [2.24, 2.45) is 0 Å². The molecule has 1 nitrogen and oxygen atoms in total. The quantitative estimate of drug-likeness (QED) is 0.570. The molecule has 0 atom stereocenters. The van der Waals surface area contributed by atoms with E-state index in [1.54, 1.807) is 13.8 Å². The zero-order valence-corrected chi connectivity index (χ0v) is 6.34. The molecule has 0 unspecified atom stereocenters. The summed E-state index contributed by atoms with van der Waals surface area (Å²) in [4.78, 5) is 0. The molecule has 0 saturated carbocycles. The summed E-state index contributed by atoms with van der Waals surface area (Å²) in [6.07, 6.45) is -0.417. The van der Waals surface area contributed by atoms with Gasteiger partial charge in [0.15, 0.2) is 0 Å². The normalized spacial score (nSPS) is 4.50. The first-order valence-corrected chi connectivity index (χ1v) is 1.39. The molecule has 2 heteroatoms. The van der Waals surface area contributed by atoms with Gasteiger partial charge in [0.1, 0.15) is 0 Å². The Hall–Kier alpha value is 0.759. The molecule has 0 N–H and O–H groups in total. The van der Waals surface area contributed by atoms with Gasteiger partial charge in [0.2, 0.25) is 0 Å². The predicted octanol–water partition coefficient (Wildman–Crippen LogP) is 1.28. The second kappa shape index (κ2) is 25.1. The number of rotatable bonds is 0. The fourth-order valence-electron chi connectivity index (χ4n) is 0. The van der Waals surface area contributed by atoms with Crippen LogP contribution >= 0.6 is 0 Å². The molecular formula is C6H19OSn-. The summed E-state index contributed by atoms with van der Waals surface area (Å²) in [5, 5.41) is 9.53. The van der Waals surface area contributed by atoms with Gasteiger partial charge in [-0.05, 0) is 0 Å². The monoisotopic (exact) mass is 227 g/mol. The van der Waals surface area contributed by atoms with Gasteiger partial charge in [-0.3, -0.25) is 0 Å². The Morgan fingerprint density at radius 2 is 1.00 bits per heavy atom.